The summed E-state index contributed by atoms with van der Waals surface area (Å²) < 4.78 is 6.10. The van der Waals surface area contributed by atoms with Crippen LogP contribution in [0, 0.1) is 11.8 Å². The molecule has 4 unspecified atom stereocenters. The predicted molar refractivity (Wildman–Crippen MR) is 74.5 cm³/mol. The molecule has 100 valence electrons. The maximum absolute atomic E-state index is 2.44. The fourth-order valence-electron chi connectivity index (χ4n) is 5.37. The van der Waals surface area contributed by atoms with Gasteiger partial charge in [-0.05, 0) is 0 Å². The summed E-state index contributed by atoms with van der Waals surface area (Å²) >= 11 is -1.31. The number of rotatable bonds is 6. The van der Waals surface area contributed by atoms with E-state index in [1.165, 1.54) is 34.1 Å². The van der Waals surface area contributed by atoms with Crippen molar-refractivity contribution in [3.63, 3.8) is 0 Å². The molecule has 0 aromatic heterocycles. The Morgan fingerprint density at radius 2 is 1.18 bits per heavy atom. The summed E-state index contributed by atoms with van der Waals surface area (Å²) in [5.41, 5.74) is 0. The second-order valence-electron chi connectivity index (χ2n) is 6.77. The minimum absolute atomic E-state index is 1.16. The molecule has 0 bridgehead atoms. The first-order chi connectivity index (χ1) is 8.23. The first-order valence-corrected chi connectivity index (χ1v) is 12.2. The summed E-state index contributed by atoms with van der Waals surface area (Å²) in [6.07, 6.45) is 9.04. The zero-order chi connectivity index (χ0) is 12.5. The molecule has 0 saturated carbocycles. The van der Waals surface area contributed by atoms with Gasteiger partial charge in [0.1, 0.15) is 0 Å². The van der Waals surface area contributed by atoms with Gasteiger partial charge in [-0.15, -0.1) is 0 Å². The summed E-state index contributed by atoms with van der Waals surface area (Å²) in [4.78, 5) is 0. The van der Waals surface area contributed by atoms with E-state index in [1.807, 2.05) is 0 Å². The van der Waals surface area contributed by atoms with Crippen molar-refractivity contribution < 1.29 is 16.6 Å². The van der Waals surface area contributed by atoms with Crippen LogP contribution in [0.15, 0.2) is 0 Å². The van der Waals surface area contributed by atoms with Crippen LogP contribution in [0.4, 0.5) is 0 Å². The van der Waals surface area contributed by atoms with Gasteiger partial charge in [-0.3, -0.25) is 0 Å². The first-order valence-electron chi connectivity index (χ1n) is 8.23. The fourth-order valence-corrected chi connectivity index (χ4v) is 18.6. The molecule has 2 aliphatic heterocycles. The van der Waals surface area contributed by atoms with Crippen molar-refractivity contribution in [3.8, 4) is 0 Å². The van der Waals surface area contributed by atoms with Crippen LogP contribution in [0.1, 0.15) is 66.2 Å². The van der Waals surface area contributed by atoms with Crippen molar-refractivity contribution in [1.82, 2.24) is 0 Å². The summed E-state index contributed by atoms with van der Waals surface area (Å²) in [5.74, 6) is 2.32. The van der Waals surface area contributed by atoms with Gasteiger partial charge in [0, 0.05) is 0 Å². The summed E-state index contributed by atoms with van der Waals surface area (Å²) in [7, 11) is 0. The Balaban J connectivity index is 2.04. The van der Waals surface area contributed by atoms with Gasteiger partial charge >= 0.3 is 113 Å². The Morgan fingerprint density at radius 1 is 0.765 bits per heavy atom. The van der Waals surface area contributed by atoms with E-state index < -0.39 is 16.6 Å². The van der Waals surface area contributed by atoms with Gasteiger partial charge in [0.25, 0.3) is 0 Å². The molecule has 0 aromatic rings. The summed E-state index contributed by atoms with van der Waals surface area (Å²) in [6.45, 7) is 9.69. The molecule has 0 aliphatic carbocycles. The molecule has 0 amide bonds. The van der Waals surface area contributed by atoms with Crippen LogP contribution in [0.3, 0.4) is 0 Å². The van der Waals surface area contributed by atoms with Crippen LogP contribution < -0.4 is 0 Å². The monoisotopic (exact) mass is 272 g/mol. The van der Waals surface area contributed by atoms with Crippen LogP contribution in [0.2, 0.25) is 17.9 Å². The molecule has 1 heteroatoms. The van der Waals surface area contributed by atoms with Crippen LogP contribution >= 0.6 is 0 Å². The van der Waals surface area contributed by atoms with E-state index in [2.05, 4.69) is 27.7 Å². The molecule has 17 heavy (non-hydrogen) atoms. The van der Waals surface area contributed by atoms with Gasteiger partial charge in [-0.25, -0.2) is 0 Å². The first kappa shape index (κ1) is 14.1. The zero-order valence-electron chi connectivity index (χ0n) is 12.5. The van der Waals surface area contributed by atoms with E-state index in [0.717, 1.165) is 11.8 Å². The molecule has 0 radical (unpaired) electrons. The second-order valence-corrected chi connectivity index (χ2v) is 14.2. The zero-order valence-corrected chi connectivity index (χ0v) is 14.0. The van der Waals surface area contributed by atoms with Gasteiger partial charge in [0.15, 0.2) is 0 Å². The van der Waals surface area contributed by atoms with E-state index in [9.17, 15) is 0 Å². The third kappa shape index (κ3) is 2.18. The van der Waals surface area contributed by atoms with Gasteiger partial charge in [-0.1, -0.05) is 0 Å². The Kier molecular flexibility index (Phi) is 4.81. The summed E-state index contributed by atoms with van der Waals surface area (Å²) in [6, 6.07) is 0. The molecule has 2 heterocycles. The predicted octanol–water partition coefficient (Wildman–Crippen LogP) is 6.23. The standard InChI is InChI=1S/2C8H16.Ti/c2*1-4-6-7-8(3)5-2;/h2*7-8H,3-6H2,1-2H3;. The van der Waals surface area contributed by atoms with Crippen molar-refractivity contribution >= 4 is 0 Å². The molecule has 0 nitrogen and oxygen atoms in total. The third-order valence-electron chi connectivity index (χ3n) is 6.15. The van der Waals surface area contributed by atoms with E-state index in [0.29, 0.717) is 0 Å². The van der Waals surface area contributed by atoms with E-state index in [4.69, 9.17) is 0 Å². The topological polar surface area (TPSA) is 0 Å². The fraction of sp³-hybridized carbons (Fsp3) is 1.00. The van der Waals surface area contributed by atoms with E-state index >= 15 is 0 Å². The van der Waals surface area contributed by atoms with E-state index in [1.54, 1.807) is 22.3 Å². The van der Waals surface area contributed by atoms with Crippen molar-refractivity contribution in [2.24, 2.45) is 11.8 Å². The number of hydrogen-bond acceptors (Lipinski definition) is 0. The van der Waals surface area contributed by atoms with Crippen molar-refractivity contribution in [3.05, 3.63) is 0 Å². The van der Waals surface area contributed by atoms with Crippen molar-refractivity contribution in [1.29, 1.82) is 0 Å². The van der Waals surface area contributed by atoms with Gasteiger partial charge in [-0.2, -0.15) is 0 Å². The van der Waals surface area contributed by atoms with Crippen molar-refractivity contribution in [2.75, 3.05) is 0 Å². The normalized spacial score (nSPS) is 44.5. The molecular weight excluding hydrogens is 240 g/mol. The van der Waals surface area contributed by atoms with Crippen LogP contribution in [-0.4, -0.2) is 0 Å². The quantitative estimate of drug-likeness (QED) is 0.502. The molecule has 1 spiro atoms. The molecular formula is C16H32Ti. The third-order valence-corrected chi connectivity index (χ3v) is 17.1. The molecule has 2 saturated heterocycles. The van der Waals surface area contributed by atoms with Crippen LogP contribution in [0.25, 0.3) is 0 Å². The van der Waals surface area contributed by atoms with Gasteiger partial charge < -0.3 is 0 Å². The van der Waals surface area contributed by atoms with Gasteiger partial charge in [0.2, 0.25) is 0 Å². The number of hydrogen-bond donors (Lipinski definition) is 0. The molecule has 0 aromatic carbocycles. The Hall–Kier alpha value is 0.714. The maximum atomic E-state index is 2.44. The van der Waals surface area contributed by atoms with Crippen molar-refractivity contribution in [2.45, 2.75) is 84.1 Å². The molecule has 0 N–H and O–H groups in total. The summed E-state index contributed by atoms with van der Waals surface area (Å²) in [5, 5.41) is 0. The van der Waals surface area contributed by atoms with Gasteiger partial charge in [0.05, 0.1) is 0 Å². The van der Waals surface area contributed by atoms with Crippen LogP contribution in [-0.2, 0) is 16.6 Å². The molecule has 2 rings (SSSR count). The average molecular weight is 272 g/mol. The Morgan fingerprint density at radius 3 is 1.47 bits per heavy atom. The second kappa shape index (κ2) is 5.78. The SMILES string of the molecule is CCC[CH]1C(CC)[CH2][Ti]12[CH2]C(CC)[CH]2CCC. The molecule has 4 atom stereocenters. The molecule has 2 aliphatic rings. The van der Waals surface area contributed by atoms with Crippen LogP contribution in [0.5, 0.6) is 0 Å². The Labute approximate surface area is 112 Å². The Bertz CT molecular complexity index is 222. The van der Waals surface area contributed by atoms with E-state index in [-0.39, 0.29) is 0 Å². The molecule has 2 fully saturated rings. The minimum atomic E-state index is -1.31. The average Bonchev–Trinajstić information content (AvgIpc) is 2.31.